The Hall–Kier alpha value is -2.43. The molecule has 0 aromatic heterocycles. The lowest BCUT2D eigenvalue weighted by Crippen LogP contribution is -2.46. The number of rotatable bonds is 4. The number of piperazine rings is 1. The zero-order valence-electron chi connectivity index (χ0n) is 13.6. The molecular formula is C18H17BrN4O2. The Labute approximate surface area is 154 Å². The predicted molar refractivity (Wildman–Crippen MR) is 99.4 cm³/mol. The first kappa shape index (κ1) is 17.4. The summed E-state index contributed by atoms with van der Waals surface area (Å²) in [5.41, 5.74) is 2.64. The van der Waals surface area contributed by atoms with Crippen molar-refractivity contribution >= 4 is 27.3 Å². The zero-order chi connectivity index (χ0) is 17.8. The van der Waals surface area contributed by atoms with Crippen molar-refractivity contribution in [1.82, 2.24) is 4.90 Å². The van der Waals surface area contributed by atoms with E-state index >= 15 is 0 Å². The zero-order valence-corrected chi connectivity index (χ0v) is 15.1. The molecule has 1 aliphatic heterocycles. The highest BCUT2D eigenvalue weighted by Crippen LogP contribution is 2.31. The third-order valence-corrected chi connectivity index (χ3v) is 4.83. The summed E-state index contributed by atoms with van der Waals surface area (Å²) in [5, 5.41) is 20.1. The van der Waals surface area contributed by atoms with Crippen molar-refractivity contribution in [3.8, 4) is 6.07 Å². The van der Waals surface area contributed by atoms with E-state index in [1.165, 1.54) is 5.56 Å². The second-order valence-corrected chi connectivity index (χ2v) is 6.88. The second-order valence-electron chi connectivity index (χ2n) is 5.96. The number of nitro benzene ring substituents is 1. The average Bonchev–Trinajstić information content (AvgIpc) is 2.63. The SMILES string of the molecule is N#Cc1ccc(CN2CCN(c3ccc(Br)cc3[N+](=O)[O-])CC2)cc1. The summed E-state index contributed by atoms with van der Waals surface area (Å²) in [6, 6.07) is 14.9. The third-order valence-electron chi connectivity index (χ3n) is 4.34. The Bertz CT molecular complexity index is 809. The van der Waals surface area contributed by atoms with Crippen LogP contribution in [0.25, 0.3) is 0 Å². The molecule has 0 radical (unpaired) electrons. The van der Waals surface area contributed by atoms with E-state index in [-0.39, 0.29) is 10.6 Å². The minimum absolute atomic E-state index is 0.134. The number of hydrogen-bond donors (Lipinski definition) is 0. The summed E-state index contributed by atoms with van der Waals surface area (Å²) >= 11 is 3.29. The first-order valence-corrected chi connectivity index (χ1v) is 8.76. The normalized spacial score (nSPS) is 15.0. The predicted octanol–water partition coefficient (Wildman–Crippen LogP) is 3.55. The van der Waals surface area contributed by atoms with Gasteiger partial charge in [-0.15, -0.1) is 0 Å². The fourth-order valence-corrected chi connectivity index (χ4v) is 3.35. The Morgan fingerprint density at radius 2 is 1.80 bits per heavy atom. The molecule has 3 rings (SSSR count). The van der Waals surface area contributed by atoms with Crippen LogP contribution in [-0.4, -0.2) is 36.0 Å². The molecule has 0 aliphatic carbocycles. The van der Waals surface area contributed by atoms with Gasteiger partial charge in [0.15, 0.2) is 0 Å². The van der Waals surface area contributed by atoms with Gasteiger partial charge in [-0.25, -0.2) is 0 Å². The number of nitrogens with zero attached hydrogens (tertiary/aromatic N) is 4. The fourth-order valence-electron chi connectivity index (χ4n) is 3.00. The molecular weight excluding hydrogens is 384 g/mol. The molecule has 2 aromatic carbocycles. The van der Waals surface area contributed by atoms with E-state index in [0.29, 0.717) is 15.7 Å². The number of nitro groups is 1. The standard InChI is InChI=1S/C18H17BrN4O2/c19-16-5-6-17(18(11-16)23(24)25)22-9-7-21(8-10-22)13-15-3-1-14(12-20)2-4-15/h1-6,11H,7-10,13H2. The van der Waals surface area contributed by atoms with Crippen LogP contribution in [0.1, 0.15) is 11.1 Å². The average molecular weight is 401 g/mol. The summed E-state index contributed by atoms with van der Waals surface area (Å²) in [5.74, 6) is 0. The molecule has 25 heavy (non-hydrogen) atoms. The first-order valence-electron chi connectivity index (χ1n) is 7.97. The van der Waals surface area contributed by atoms with Gasteiger partial charge in [0.25, 0.3) is 5.69 Å². The maximum absolute atomic E-state index is 11.3. The van der Waals surface area contributed by atoms with Gasteiger partial charge in [0.1, 0.15) is 5.69 Å². The first-order chi connectivity index (χ1) is 12.1. The highest BCUT2D eigenvalue weighted by molar-refractivity contribution is 9.10. The van der Waals surface area contributed by atoms with Crippen molar-refractivity contribution in [2.45, 2.75) is 6.54 Å². The van der Waals surface area contributed by atoms with Gasteiger partial charge in [0.05, 0.1) is 16.6 Å². The molecule has 2 aromatic rings. The van der Waals surface area contributed by atoms with Gasteiger partial charge >= 0.3 is 0 Å². The molecule has 0 bridgehead atoms. The van der Waals surface area contributed by atoms with E-state index < -0.39 is 0 Å². The van der Waals surface area contributed by atoms with E-state index in [4.69, 9.17) is 5.26 Å². The quantitative estimate of drug-likeness (QED) is 0.579. The van der Waals surface area contributed by atoms with Gasteiger partial charge in [0.2, 0.25) is 0 Å². The minimum atomic E-state index is -0.330. The van der Waals surface area contributed by atoms with Crippen molar-refractivity contribution in [2.24, 2.45) is 0 Å². The van der Waals surface area contributed by atoms with E-state index in [2.05, 4.69) is 31.8 Å². The number of benzene rings is 2. The highest BCUT2D eigenvalue weighted by Gasteiger charge is 2.23. The number of hydrogen-bond acceptors (Lipinski definition) is 5. The molecule has 128 valence electrons. The molecule has 0 saturated carbocycles. The van der Waals surface area contributed by atoms with Gasteiger partial charge in [-0.05, 0) is 29.8 Å². The van der Waals surface area contributed by atoms with E-state index in [1.54, 1.807) is 12.1 Å². The smallest absolute Gasteiger partial charge is 0.293 e. The van der Waals surface area contributed by atoms with Crippen LogP contribution in [0.15, 0.2) is 46.9 Å². The largest absolute Gasteiger partial charge is 0.363 e. The molecule has 1 saturated heterocycles. The lowest BCUT2D eigenvalue weighted by atomic mass is 10.1. The molecule has 7 heteroatoms. The topological polar surface area (TPSA) is 73.4 Å². The molecule has 0 amide bonds. The van der Waals surface area contributed by atoms with Gasteiger partial charge in [-0.1, -0.05) is 28.1 Å². The van der Waals surface area contributed by atoms with Gasteiger partial charge < -0.3 is 4.90 Å². The van der Waals surface area contributed by atoms with Crippen LogP contribution < -0.4 is 4.90 Å². The lowest BCUT2D eigenvalue weighted by molar-refractivity contribution is -0.384. The van der Waals surface area contributed by atoms with Crippen LogP contribution in [0, 0.1) is 21.4 Å². The minimum Gasteiger partial charge on any atom is -0.363 e. The van der Waals surface area contributed by atoms with Crippen molar-refractivity contribution in [2.75, 3.05) is 31.1 Å². The molecule has 6 nitrogen and oxygen atoms in total. The third kappa shape index (κ3) is 4.16. The van der Waals surface area contributed by atoms with Crippen molar-refractivity contribution in [1.29, 1.82) is 5.26 Å². The van der Waals surface area contributed by atoms with Crippen LogP contribution >= 0.6 is 15.9 Å². The van der Waals surface area contributed by atoms with Crippen LogP contribution in [0.2, 0.25) is 0 Å². The van der Waals surface area contributed by atoms with Crippen molar-refractivity contribution in [3.05, 3.63) is 68.2 Å². The van der Waals surface area contributed by atoms with Crippen LogP contribution in [0.4, 0.5) is 11.4 Å². The Kier molecular flexibility index (Phi) is 5.31. The van der Waals surface area contributed by atoms with Gasteiger partial charge in [-0.2, -0.15) is 5.26 Å². The summed E-state index contributed by atoms with van der Waals surface area (Å²) in [6.45, 7) is 4.00. The summed E-state index contributed by atoms with van der Waals surface area (Å²) in [7, 11) is 0. The molecule has 0 atom stereocenters. The lowest BCUT2D eigenvalue weighted by Gasteiger charge is -2.35. The molecule has 1 heterocycles. The van der Waals surface area contributed by atoms with Gasteiger partial charge in [-0.3, -0.25) is 15.0 Å². The number of halogens is 1. The number of anilines is 1. The van der Waals surface area contributed by atoms with Crippen LogP contribution in [0.5, 0.6) is 0 Å². The summed E-state index contributed by atoms with van der Waals surface area (Å²) < 4.78 is 0.711. The van der Waals surface area contributed by atoms with Gasteiger partial charge in [0, 0.05) is 43.3 Å². The monoisotopic (exact) mass is 400 g/mol. The van der Waals surface area contributed by atoms with Crippen molar-refractivity contribution < 1.29 is 4.92 Å². The summed E-state index contributed by atoms with van der Waals surface area (Å²) in [6.07, 6.45) is 0. The molecule has 0 spiro atoms. The van der Waals surface area contributed by atoms with E-state index in [9.17, 15) is 10.1 Å². The van der Waals surface area contributed by atoms with Crippen LogP contribution in [-0.2, 0) is 6.54 Å². The Morgan fingerprint density at radius 3 is 2.40 bits per heavy atom. The highest BCUT2D eigenvalue weighted by atomic mass is 79.9. The molecule has 0 N–H and O–H groups in total. The van der Waals surface area contributed by atoms with E-state index in [1.807, 2.05) is 30.3 Å². The molecule has 1 fully saturated rings. The Balaban J connectivity index is 1.64. The maximum atomic E-state index is 11.3. The van der Waals surface area contributed by atoms with Crippen molar-refractivity contribution in [3.63, 3.8) is 0 Å². The molecule has 0 unspecified atom stereocenters. The Morgan fingerprint density at radius 1 is 1.12 bits per heavy atom. The second kappa shape index (κ2) is 7.64. The number of nitriles is 1. The maximum Gasteiger partial charge on any atom is 0.293 e. The van der Waals surface area contributed by atoms with E-state index in [0.717, 1.165) is 32.7 Å². The van der Waals surface area contributed by atoms with Crippen LogP contribution in [0.3, 0.4) is 0 Å². The molecule has 1 aliphatic rings. The fraction of sp³-hybridized carbons (Fsp3) is 0.278. The summed E-state index contributed by atoms with van der Waals surface area (Å²) in [4.78, 5) is 15.4.